The number of ketones is 1. The van der Waals surface area contributed by atoms with Crippen molar-refractivity contribution in [3.8, 4) is 0 Å². The Kier molecular flexibility index (Phi) is 6.21. The van der Waals surface area contributed by atoms with Crippen LogP contribution in [0.5, 0.6) is 0 Å². The van der Waals surface area contributed by atoms with Gasteiger partial charge in [-0.2, -0.15) is 0 Å². The molecule has 0 saturated heterocycles. The van der Waals surface area contributed by atoms with Crippen molar-refractivity contribution in [1.82, 2.24) is 0 Å². The molecule has 0 aromatic heterocycles. The fraction of sp³-hybridized carbons (Fsp3) is 0.0714. The molecule has 0 heterocycles. The van der Waals surface area contributed by atoms with Gasteiger partial charge in [0.15, 0.2) is 0 Å². The second-order valence-electron chi connectivity index (χ2n) is 3.81. The Labute approximate surface area is 133 Å². The van der Waals surface area contributed by atoms with Gasteiger partial charge >= 0.3 is 29.6 Å². The fourth-order valence-corrected chi connectivity index (χ4v) is 1.56. The quantitative estimate of drug-likeness (QED) is 0.443. The summed E-state index contributed by atoms with van der Waals surface area (Å²) in [6.45, 7) is 0. The van der Waals surface area contributed by atoms with E-state index in [2.05, 4.69) is 5.32 Å². The van der Waals surface area contributed by atoms with E-state index in [-0.39, 0.29) is 35.1 Å². The topological polar surface area (TPSA) is 69.6 Å². The summed E-state index contributed by atoms with van der Waals surface area (Å²) in [7, 11) is 0. The van der Waals surface area contributed by atoms with Gasteiger partial charge in [0, 0.05) is 16.9 Å². The first-order valence-electron chi connectivity index (χ1n) is 5.49. The summed E-state index contributed by atoms with van der Waals surface area (Å²) < 4.78 is 0. The van der Waals surface area contributed by atoms with Gasteiger partial charge in [-0.05, 0) is 36.4 Å². The Morgan fingerprint density at radius 2 is 1.42 bits per heavy atom. The maximum atomic E-state index is 11.3. The van der Waals surface area contributed by atoms with Crippen molar-refractivity contribution in [2.45, 2.75) is 6.29 Å². The van der Waals surface area contributed by atoms with E-state index in [4.69, 9.17) is 10.2 Å². The molecule has 0 atom stereocenters. The van der Waals surface area contributed by atoms with Gasteiger partial charge in [0.1, 0.15) is 0 Å². The molecule has 0 bridgehead atoms. The number of nitrogens with one attached hydrogen (secondary N) is 1. The summed E-state index contributed by atoms with van der Waals surface area (Å²) in [5, 5.41) is 20.7. The van der Waals surface area contributed by atoms with Gasteiger partial charge < -0.3 is 15.5 Å². The van der Waals surface area contributed by atoms with Gasteiger partial charge in [0.25, 0.3) is 0 Å². The van der Waals surface area contributed by atoms with Crippen LogP contribution in [0.4, 0.5) is 11.4 Å². The number of Topliss-reactive ketones (excluding diaryl/α,β-unsaturated/α-hetero) is 1. The molecule has 5 heteroatoms. The number of aliphatic hydroxyl groups excluding tert-OH is 1. The molecule has 0 spiro atoms. The summed E-state index contributed by atoms with van der Waals surface area (Å²) in [6, 6.07) is 16.1. The number of carbonyl (C=O) groups is 1. The molecule has 4 nitrogen and oxygen atoms in total. The molecular formula is C14H14NNaO3. The number of hydrogen-bond acceptors (Lipinski definition) is 4. The number of para-hydroxylation sites is 1. The van der Waals surface area contributed by atoms with Crippen molar-refractivity contribution >= 4 is 46.7 Å². The zero-order valence-corrected chi connectivity index (χ0v) is 9.58. The third kappa shape index (κ3) is 4.45. The van der Waals surface area contributed by atoms with Crippen LogP contribution in [0, 0.1) is 0 Å². The van der Waals surface area contributed by atoms with Crippen molar-refractivity contribution < 1.29 is 15.0 Å². The summed E-state index contributed by atoms with van der Waals surface area (Å²) in [4.78, 5) is 11.3. The second kappa shape index (κ2) is 7.43. The number of aliphatic hydroxyl groups is 2. The zero-order chi connectivity index (χ0) is 13.0. The standard InChI is InChI=1S/C14H13NO3.Na.H/c16-13(14(17)18)10-6-8-12(9-7-10)15-11-4-2-1-3-5-11;;/h1-9,14-15,17-18H;;. The molecule has 2 aromatic carbocycles. The monoisotopic (exact) mass is 267 g/mol. The molecule has 0 amide bonds. The fourth-order valence-electron chi connectivity index (χ4n) is 1.56. The Morgan fingerprint density at radius 3 is 1.95 bits per heavy atom. The van der Waals surface area contributed by atoms with E-state index >= 15 is 0 Å². The molecular weight excluding hydrogens is 253 g/mol. The molecule has 19 heavy (non-hydrogen) atoms. The molecule has 0 fully saturated rings. The second-order valence-corrected chi connectivity index (χ2v) is 3.81. The Hall–Kier alpha value is -1.17. The van der Waals surface area contributed by atoms with Gasteiger partial charge in [-0.3, -0.25) is 4.79 Å². The van der Waals surface area contributed by atoms with Crippen molar-refractivity contribution in [2.75, 3.05) is 5.32 Å². The molecule has 2 rings (SSSR count). The first-order valence-corrected chi connectivity index (χ1v) is 5.49. The van der Waals surface area contributed by atoms with Crippen LogP contribution in [0.15, 0.2) is 54.6 Å². The molecule has 0 aliphatic heterocycles. The van der Waals surface area contributed by atoms with Crippen LogP contribution in [0.25, 0.3) is 0 Å². The average molecular weight is 267 g/mol. The van der Waals surface area contributed by atoms with Gasteiger partial charge in [-0.25, -0.2) is 0 Å². The minimum atomic E-state index is -1.96. The Morgan fingerprint density at radius 1 is 0.895 bits per heavy atom. The third-order valence-electron chi connectivity index (χ3n) is 2.47. The van der Waals surface area contributed by atoms with E-state index in [0.29, 0.717) is 0 Å². The predicted molar refractivity (Wildman–Crippen MR) is 75.9 cm³/mol. The first kappa shape index (κ1) is 15.9. The van der Waals surface area contributed by atoms with Crippen LogP contribution in [0.1, 0.15) is 10.4 Å². The van der Waals surface area contributed by atoms with Crippen LogP contribution >= 0.6 is 0 Å². The number of rotatable bonds is 4. The van der Waals surface area contributed by atoms with Gasteiger partial charge in [-0.15, -0.1) is 0 Å². The van der Waals surface area contributed by atoms with E-state index in [1.807, 2.05) is 30.3 Å². The number of benzene rings is 2. The predicted octanol–water partition coefficient (Wildman–Crippen LogP) is 1.28. The molecule has 0 unspecified atom stereocenters. The van der Waals surface area contributed by atoms with Crippen molar-refractivity contribution in [1.29, 1.82) is 0 Å². The van der Waals surface area contributed by atoms with Crippen LogP contribution in [0.2, 0.25) is 0 Å². The van der Waals surface area contributed by atoms with Gasteiger partial charge in [0.2, 0.25) is 12.1 Å². The molecule has 94 valence electrons. The SMILES string of the molecule is O=C(c1ccc(Nc2ccccc2)cc1)C(O)O.[NaH]. The maximum absolute atomic E-state index is 11.3. The summed E-state index contributed by atoms with van der Waals surface area (Å²) in [5.74, 6) is -0.707. The number of hydrogen-bond donors (Lipinski definition) is 3. The van der Waals surface area contributed by atoms with E-state index in [1.54, 1.807) is 24.3 Å². The summed E-state index contributed by atoms with van der Waals surface area (Å²) >= 11 is 0. The molecule has 3 N–H and O–H groups in total. The third-order valence-corrected chi connectivity index (χ3v) is 2.47. The molecule has 0 aliphatic rings. The molecule has 0 saturated carbocycles. The van der Waals surface area contributed by atoms with E-state index in [0.717, 1.165) is 11.4 Å². The molecule has 2 aromatic rings. The van der Waals surface area contributed by atoms with E-state index in [9.17, 15) is 4.79 Å². The molecule has 0 radical (unpaired) electrons. The normalized spacial score (nSPS) is 9.84. The number of carbonyl (C=O) groups excluding carboxylic acids is 1. The van der Waals surface area contributed by atoms with Crippen LogP contribution in [-0.2, 0) is 0 Å². The van der Waals surface area contributed by atoms with E-state index in [1.165, 1.54) is 0 Å². The number of anilines is 2. The van der Waals surface area contributed by atoms with E-state index < -0.39 is 12.1 Å². The Bertz CT molecular complexity index is 526. The Balaban J connectivity index is 0.00000180. The van der Waals surface area contributed by atoms with Gasteiger partial charge in [-0.1, -0.05) is 18.2 Å². The van der Waals surface area contributed by atoms with Crippen LogP contribution in [0.3, 0.4) is 0 Å². The van der Waals surface area contributed by atoms with Crippen LogP contribution < -0.4 is 5.32 Å². The average Bonchev–Trinajstić information content (AvgIpc) is 2.40. The van der Waals surface area contributed by atoms with Crippen LogP contribution in [-0.4, -0.2) is 51.8 Å². The van der Waals surface area contributed by atoms with Crippen molar-refractivity contribution in [2.24, 2.45) is 0 Å². The first-order chi connectivity index (χ1) is 8.66. The minimum absolute atomic E-state index is 0. The summed E-state index contributed by atoms with van der Waals surface area (Å²) in [5.41, 5.74) is 2.03. The summed E-state index contributed by atoms with van der Waals surface area (Å²) in [6.07, 6.45) is -1.96. The zero-order valence-electron chi connectivity index (χ0n) is 9.58. The van der Waals surface area contributed by atoms with Crippen molar-refractivity contribution in [3.05, 3.63) is 60.2 Å². The van der Waals surface area contributed by atoms with Crippen molar-refractivity contribution in [3.63, 3.8) is 0 Å². The molecule has 0 aliphatic carbocycles. The van der Waals surface area contributed by atoms with Gasteiger partial charge in [0.05, 0.1) is 0 Å².